The first kappa shape index (κ1) is 22.8. The van der Waals surface area contributed by atoms with E-state index in [1.54, 1.807) is 0 Å². The number of hydrogen-bond acceptors (Lipinski definition) is 4. The Bertz CT molecular complexity index is 991. The predicted octanol–water partition coefficient (Wildman–Crippen LogP) is 4.06. The molecule has 0 bridgehead atoms. The van der Waals surface area contributed by atoms with E-state index < -0.39 is 12.1 Å². The summed E-state index contributed by atoms with van der Waals surface area (Å²) < 4.78 is 5.61. The number of carboxylic acid groups (broad SMARTS) is 1. The van der Waals surface area contributed by atoms with Gasteiger partial charge in [-0.25, -0.2) is 4.79 Å². The van der Waals surface area contributed by atoms with Crippen molar-refractivity contribution in [2.75, 3.05) is 6.61 Å². The van der Waals surface area contributed by atoms with Crippen LogP contribution in [0.15, 0.2) is 48.5 Å². The lowest BCUT2D eigenvalue weighted by atomic mass is 9.98. The molecule has 1 fully saturated rings. The molecule has 7 heteroatoms. The number of fused-ring (bicyclic) bond motifs is 3. The number of carbonyl (C=O) groups is 3. The largest absolute Gasteiger partial charge is 0.481 e. The Morgan fingerprint density at radius 3 is 2.27 bits per heavy atom. The Hall–Kier alpha value is -3.35. The third-order valence-electron chi connectivity index (χ3n) is 6.73. The van der Waals surface area contributed by atoms with E-state index in [2.05, 4.69) is 34.9 Å². The van der Waals surface area contributed by atoms with Crippen LogP contribution in [0.5, 0.6) is 0 Å². The SMILES string of the molecule is CC[C@H](CC(=O)O)NC(=O)[C@H]1CC[C@@H](NC(=O)OCC2c3ccccc3-c3ccccc32)C1. The van der Waals surface area contributed by atoms with Crippen LogP contribution in [0.1, 0.15) is 56.1 Å². The molecule has 0 heterocycles. The molecule has 0 unspecified atom stereocenters. The number of ether oxygens (including phenoxy) is 1. The Morgan fingerprint density at radius 1 is 1.03 bits per heavy atom. The second-order valence-corrected chi connectivity index (χ2v) is 8.89. The van der Waals surface area contributed by atoms with Crippen molar-refractivity contribution < 1.29 is 24.2 Å². The van der Waals surface area contributed by atoms with E-state index in [9.17, 15) is 14.4 Å². The van der Waals surface area contributed by atoms with Gasteiger partial charge in [-0.3, -0.25) is 9.59 Å². The molecule has 0 radical (unpaired) electrons. The summed E-state index contributed by atoms with van der Waals surface area (Å²) in [4.78, 5) is 35.9. The molecule has 0 aliphatic heterocycles. The van der Waals surface area contributed by atoms with E-state index in [-0.39, 0.29) is 42.9 Å². The molecule has 2 aromatic carbocycles. The number of aliphatic carboxylic acids is 1. The van der Waals surface area contributed by atoms with Gasteiger partial charge in [0.25, 0.3) is 0 Å². The summed E-state index contributed by atoms with van der Waals surface area (Å²) in [6.45, 7) is 2.11. The topological polar surface area (TPSA) is 105 Å². The third kappa shape index (κ3) is 5.18. The molecule has 1 saturated carbocycles. The molecule has 2 aliphatic rings. The van der Waals surface area contributed by atoms with Crippen molar-refractivity contribution in [2.45, 2.75) is 57.0 Å². The lowest BCUT2D eigenvalue weighted by Gasteiger charge is -2.19. The molecule has 33 heavy (non-hydrogen) atoms. The van der Waals surface area contributed by atoms with Crippen LogP contribution in [-0.2, 0) is 14.3 Å². The van der Waals surface area contributed by atoms with Gasteiger partial charge >= 0.3 is 12.1 Å². The monoisotopic (exact) mass is 450 g/mol. The molecule has 0 spiro atoms. The highest BCUT2D eigenvalue weighted by molar-refractivity contribution is 5.81. The van der Waals surface area contributed by atoms with Crippen LogP contribution >= 0.6 is 0 Å². The lowest BCUT2D eigenvalue weighted by molar-refractivity contribution is -0.137. The molecule has 0 aromatic heterocycles. The summed E-state index contributed by atoms with van der Waals surface area (Å²) >= 11 is 0. The van der Waals surface area contributed by atoms with Crippen LogP contribution in [0.3, 0.4) is 0 Å². The van der Waals surface area contributed by atoms with Gasteiger partial charge in [0.1, 0.15) is 6.61 Å². The molecule has 3 atom stereocenters. The van der Waals surface area contributed by atoms with Gasteiger partial charge in [0.2, 0.25) is 5.91 Å². The highest BCUT2D eigenvalue weighted by Gasteiger charge is 2.33. The number of benzene rings is 2. The number of hydrogen-bond donors (Lipinski definition) is 3. The molecular weight excluding hydrogens is 420 g/mol. The van der Waals surface area contributed by atoms with Crippen molar-refractivity contribution in [3.05, 3.63) is 59.7 Å². The van der Waals surface area contributed by atoms with Crippen molar-refractivity contribution in [3.63, 3.8) is 0 Å². The van der Waals surface area contributed by atoms with Gasteiger partial charge in [-0.05, 0) is 47.9 Å². The van der Waals surface area contributed by atoms with E-state index in [1.165, 1.54) is 11.1 Å². The molecule has 2 aromatic rings. The average molecular weight is 451 g/mol. The van der Waals surface area contributed by atoms with Gasteiger partial charge in [0.05, 0.1) is 6.42 Å². The second kappa shape index (κ2) is 10.1. The lowest BCUT2D eigenvalue weighted by Crippen LogP contribution is -2.40. The smallest absolute Gasteiger partial charge is 0.407 e. The van der Waals surface area contributed by atoms with Crippen LogP contribution in [0.2, 0.25) is 0 Å². The van der Waals surface area contributed by atoms with Crippen molar-refractivity contribution in [1.29, 1.82) is 0 Å². The minimum absolute atomic E-state index is 0.00506. The number of rotatable bonds is 8. The summed E-state index contributed by atoms with van der Waals surface area (Å²) in [6, 6.07) is 15.9. The van der Waals surface area contributed by atoms with Crippen LogP contribution < -0.4 is 10.6 Å². The van der Waals surface area contributed by atoms with E-state index >= 15 is 0 Å². The standard InChI is InChI=1S/C26H30N2O5/c1-2-17(14-24(29)30)27-25(31)16-11-12-18(13-16)28-26(32)33-15-23-21-9-5-3-7-19(21)20-8-4-6-10-22(20)23/h3-10,16-18,23H,2,11-15H2,1H3,(H,27,31)(H,28,32)(H,29,30)/t16-,17+,18+/m0/s1. The maximum absolute atomic E-state index is 12.5. The maximum atomic E-state index is 12.5. The van der Waals surface area contributed by atoms with Crippen molar-refractivity contribution in [2.24, 2.45) is 5.92 Å². The van der Waals surface area contributed by atoms with Gasteiger partial charge in [0.15, 0.2) is 0 Å². The number of nitrogens with one attached hydrogen (secondary N) is 2. The number of carboxylic acids is 1. The normalized spacial score (nSPS) is 19.9. The summed E-state index contributed by atoms with van der Waals surface area (Å²) in [6.07, 6.45) is 1.88. The van der Waals surface area contributed by atoms with Gasteiger partial charge in [-0.2, -0.15) is 0 Å². The minimum Gasteiger partial charge on any atom is -0.481 e. The fraction of sp³-hybridized carbons (Fsp3) is 0.423. The first-order valence-electron chi connectivity index (χ1n) is 11.6. The molecular formula is C26H30N2O5. The van der Waals surface area contributed by atoms with Crippen LogP contribution in [0.25, 0.3) is 11.1 Å². The van der Waals surface area contributed by atoms with E-state index in [0.717, 1.165) is 11.1 Å². The van der Waals surface area contributed by atoms with Gasteiger partial charge in [0, 0.05) is 23.9 Å². The highest BCUT2D eigenvalue weighted by Crippen LogP contribution is 2.44. The van der Waals surface area contributed by atoms with Gasteiger partial charge in [-0.1, -0.05) is 55.5 Å². The molecule has 3 N–H and O–H groups in total. The Labute approximate surface area is 193 Å². The number of alkyl carbamates (subject to hydrolysis) is 1. The third-order valence-corrected chi connectivity index (χ3v) is 6.73. The molecule has 2 amide bonds. The summed E-state index contributed by atoms with van der Waals surface area (Å²) in [5.41, 5.74) is 4.69. The second-order valence-electron chi connectivity index (χ2n) is 8.89. The van der Waals surface area contributed by atoms with E-state index in [1.807, 2.05) is 31.2 Å². The molecule has 2 aliphatic carbocycles. The predicted molar refractivity (Wildman–Crippen MR) is 124 cm³/mol. The maximum Gasteiger partial charge on any atom is 0.407 e. The molecule has 7 nitrogen and oxygen atoms in total. The van der Waals surface area contributed by atoms with Crippen molar-refractivity contribution >= 4 is 18.0 Å². The molecule has 0 saturated heterocycles. The Balaban J connectivity index is 1.28. The minimum atomic E-state index is -0.927. The fourth-order valence-electron chi connectivity index (χ4n) is 4.98. The first-order valence-corrected chi connectivity index (χ1v) is 11.6. The van der Waals surface area contributed by atoms with Crippen molar-refractivity contribution in [3.8, 4) is 11.1 Å². The fourth-order valence-corrected chi connectivity index (χ4v) is 4.98. The van der Waals surface area contributed by atoms with Gasteiger partial charge < -0.3 is 20.5 Å². The zero-order valence-electron chi connectivity index (χ0n) is 18.8. The number of amides is 2. The number of carbonyl (C=O) groups excluding carboxylic acids is 2. The van der Waals surface area contributed by atoms with Crippen molar-refractivity contribution in [1.82, 2.24) is 10.6 Å². The summed E-state index contributed by atoms with van der Waals surface area (Å²) in [5, 5.41) is 14.7. The summed E-state index contributed by atoms with van der Waals surface area (Å²) in [5.74, 6) is -1.29. The van der Waals surface area contributed by atoms with E-state index in [4.69, 9.17) is 9.84 Å². The molecule has 4 rings (SSSR count). The van der Waals surface area contributed by atoms with E-state index in [0.29, 0.717) is 25.7 Å². The van der Waals surface area contributed by atoms with Crippen LogP contribution in [0.4, 0.5) is 4.79 Å². The van der Waals surface area contributed by atoms with Gasteiger partial charge in [-0.15, -0.1) is 0 Å². The first-order chi connectivity index (χ1) is 16.0. The van der Waals surface area contributed by atoms with Crippen LogP contribution in [-0.4, -0.2) is 41.8 Å². The van der Waals surface area contributed by atoms with Crippen LogP contribution in [0, 0.1) is 5.92 Å². The highest BCUT2D eigenvalue weighted by atomic mass is 16.5. The zero-order chi connectivity index (χ0) is 23.4. The Kier molecular flexibility index (Phi) is 6.96. The molecule has 174 valence electrons. The summed E-state index contributed by atoms with van der Waals surface area (Å²) in [7, 11) is 0. The quantitative estimate of drug-likeness (QED) is 0.563. The zero-order valence-corrected chi connectivity index (χ0v) is 18.8. The average Bonchev–Trinajstić information content (AvgIpc) is 3.39. The Morgan fingerprint density at radius 2 is 1.67 bits per heavy atom.